The summed E-state index contributed by atoms with van der Waals surface area (Å²) < 4.78 is 6.67. The normalized spacial score (nSPS) is 12.3. The first-order valence-corrected chi connectivity index (χ1v) is 10.2. The van der Waals surface area contributed by atoms with Gasteiger partial charge in [0.15, 0.2) is 11.7 Å². The fourth-order valence-electron chi connectivity index (χ4n) is 2.79. The van der Waals surface area contributed by atoms with Crippen molar-refractivity contribution < 1.29 is 9.53 Å². The molecule has 4 nitrogen and oxygen atoms in total. The number of nitrogens with zero attached hydrogens (tertiary/aromatic N) is 1. The number of nitrogens with one attached hydrogen (secondary N) is 1. The van der Waals surface area contributed by atoms with Gasteiger partial charge in [-0.3, -0.25) is 10.1 Å². The van der Waals surface area contributed by atoms with Gasteiger partial charge in [0.1, 0.15) is 5.75 Å². The van der Waals surface area contributed by atoms with Gasteiger partial charge in [-0.1, -0.05) is 57.2 Å². The Bertz CT molecular complexity index is 916. The maximum absolute atomic E-state index is 12.2. The number of amides is 1. The molecule has 0 aliphatic rings. The zero-order valence-electron chi connectivity index (χ0n) is 16.3. The van der Waals surface area contributed by atoms with E-state index in [-0.39, 0.29) is 12.5 Å². The van der Waals surface area contributed by atoms with Crippen molar-refractivity contribution >= 4 is 32.6 Å². The van der Waals surface area contributed by atoms with Crippen LogP contribution in [0.3, 0.4) is 0 Å². The van der Waals surface area contributed by atoms with Crippen LogP contribution in [0.4, 0.5) is 5.13 Å². The van der Waals surface area contributed by atoms with Crippen molar-refractivity contribution in [2.45, 2.75) is 46.0 Å². The molecule has 0 fully saturated rings. The number of carbonyl (C=O) groups is 1. The first-order valence-electron chi connectivity index (χ1n) is 9.39. The van der Waals surface area contributed by atoms with E-state index in [0.717, 1.165) is 16.6 Å². The Morgan fingerprint density at radius 3 is 2.48 bits per heavy atom. The highest BCUT2D eigenvalue weighted by Crippen LogP contribution is 2.30. The highest BCUT2D eigenvalue weighted by molar-refractivity contribution is 7.22. The number of hydrogen-bond donors (Lipinski definition) is 1. The van der Waals surface area contributed by atoms with Gasteiger partial charge >= 0.3 is 0 Å². The lowest BCUT2D eigenvalue weighted by molar-refractivity contribution is -0.118. The summed E-state index contributed by atoms with van der Waals surface area (Å²) in [5, 5.41) is 3.44. The van der Waals surface area contributed by atoms with Gasteiger partial charge in [-0.15, -0.1) is 0 Å². The predicted octanol–water partition coefficient (Wildman–Crippen LogP) is 5.95. The standard InChI is InChI=1S/C22H26N2O2S/c1-5-15(4)17-8-11-19-20(12-17)27-22(23-19)24-21(25)13-26-18-9-6-16(7-10-18)14(2)3/h6-12,14-15H,5,13H2,1-4H3,(H,23,24,25). The molecule has 0 aliphatic carbocycles. The van der Waals surface area contributed by atoms with Crippen LogP contribution in [-0.2, 0) is 4.79 Å². The first-order chi connectivity index (χ1) is 13.0. The monoisotopic (exact) mass is 382 g/mol. The van der Waals surface area contributed by atoms with Crippen LogP contribution >= 0.6 is 11.3 Å². The third kappa shape index (κ3) is 4.86. The van der Waals surface area contributed by atoms with Gasteiger partial charge in [-0.2, -0.15) is 0 Å². The molecule has 1 amide bonds. The second kappa shape index (κ2) is 8.53. The average Bonchev–Trinajstić information content (AvgIpc) is 3.07. The Hall–Kier alpha value is -2.40. The summed E-state index contributed by atoms with van der Waals surface area (Å²) >= 11 is 1.50. The van der Waals surface area contributed by atoms with E-state index in [0.29, 0.717) is 22.7 Å². The van der Waals surface area contributed by atoms with Crippen LogP contribution in [0.15, 0.2) is 42.5 Å². The van der Waals surface area contributed by atoms with Crippen molar-refractivity contribution in [3.63, 3.8) is 0 Å². The Morgan fingerprint density at radius 1 is 1.11 bits per heavy atom. The number of fused-ring (bicyclic) bond motifs is 1. The summed E-state index contributed by atoms with van der Waals surface area (Å²) in [5.74, 6) is 1.48. The second-order valence-electron chi connectivity index (χ2n) is 7.12. The molecule has 1 unspecified atom stereocenters. The van der Waals surface area contributed by atoms with Crippen LogP contribution in [-0.4, -0.2) is 17.5 Å². The van der Waals surface area contributed by atoms with Crippen LogP contribution in [0, 0.1) is 0 Å². The minimum Gasteiger partial charge on any atom is -0.484 e. The molecule has 0 radical (unpaired) electrons. The van der Waals surface area contributed by atoms with Crippen molar-refractivity contribution in [3.05, 3.63) is 53.6 Å². The molecule has 1 N–H and O–H groups in total. The van der Waals surface area contributed by atoms with E-state index < -0.39 is 0 Å². The fourth-order valence-corrected chi connectivity index (χ4v) is 3.72. The molecule has 1 heterocycles. The number of rotatable bonds is 7. The molecule has 0 bridgehead atoms. The number of thiazole rings is 1. The van der Waals surface area contributed by atoms with E-state index in [2.05, 4.69) is 50.1 Å². The smallest absolute Gasteiger partial charge is 0.264 e. The van der Waals surface area contributed by atoms with Gasteiger partial charge in [-0.05, 0) is 53.6 Å². The fraction of sp³-hybridized carbons (Fsp3) is 0.364. The maximum atomic E-state index is 12.2. The van der Waals surface area contributed by atoms with E-state index in [4.69, 9.17) is 4.74 Å². The third-order valence-electron chi connectivity index (χ3n) is 4.76. The van der Waals surface area contributed by atoms with Crippen molar-refractivity contribution in [3.8, 4) is 5.75 Å². The Kier molecular flexibility index (Phi) is 6.11. The molecule has 27 heavy (non-hydrogen) atoms. The van der Waals surface area contributed by atoms with Crippen molar-refractivity contribution in [1.82, 2.24) is 4.98 Å². The van der Waals surface area contributed by atoms with Gasteiger partial charge in [0.25, 0.3) is 5.91 Å². The molecular weight excluding hydrogens is 356 g/mol. The van der Waals surface area contributed by atoms with Gasteiger partial charge in [0, 0.05) is 0 Å². The van der Waals surface area contributed by atoms with Crippen LogP contribution in [0.2, 0.25) is 0 Å². The second-order valence-corrected chi connectivity index (χ2v) is 8.15. The predicted molar refractivity (Wildman–Crippen MR) is 113 cm³/mol. The molecule has 3 rings (SSSR count). The number of benzene rings is 2. The molecule has 0 saturated heterocycles. The zero-order valence-corrected chi connectivity index (χ0v) is 17.1. The topological polar surface area (TPSA) is 51.2 Å². The zero-order chi connectivity index (χ0) is 19.4. The SMILES string of the molecule is CCC(C)c1ccc2nc(NC(=O)COc3ccc(C(C)C)cc3)sc2c1. The third-order valence-corrected chi connectivity index (χ3v) is 5.69. The lowest BCUT2D eigenvalue weighted by Crippen LogP contribution is -2.20. The molecule has 0 spiro atoms. The molecule has 0 aliphatic heterocycles. The number of anilines is 1. The summed E-state index contributed by atoms with van der Waals surface area (Å²) in [7, 11) is 0. The molecule has 1 atom stereocenters. The van der Waals surface area contributed by atoms with Gasteiger partial charge < -0.3 is 4.74 Å². The minimum atomic E-state index is -0.204. The summed E-state index contributed by atoms with van der Waals surface area (Å²) in [4.78, 5) is 16.7. The molecule has 0 saturated carbocycles. The summed E-state index contributed by atoms with van der Waals surface area (Å²) in [6.45, 7) is 8.66. The van der Waals surface area contributed by atoms with Crippen LogP contribution < -0.4 is 10.1 Å². The minimum absolute atomic E-state index is 0.0327. The molecule has 3 aromatic rings. The largest absolute Gasteiger partial charge is 0.484 e. The van der Waals surface area contributed by atoms with E-state index >= 15 is 0 Å². The molecular formula is C22H26N2O2S. The number of hydrogen-bond acceptors (Lipinski definition) is 4. The molecule has 1 aromatic heterocycles. The summed E-state index contributed by atoms with van der Waals surface area (Å²) in [6, 6.07) is 14.2. The lowest BCUT2D eigenvalue weighted by Gasteiger charge is -2.08. The number of aromatic nitrogens is 1. The quantitative estimate of drug-likeness (QED) is 0.549. The molecule has 142 valence electrons. The van der Waals surface area contributed by atoms with Crippen LogP contribution in [0.25, 0.3) is 10.2 Å². The Morgan fingerprint density at radius 2 is 1.81 bits per heavy atom. The Labute approximate surface area is 164 Å². The van der Waals surface area contributed by atoms with E-state index in [1.807, 2.05) is 30.3 Å². The summed E-state index contributed by atoms with van der Waals surface area (Å²) in [5.41, 5.74) is 3.46. The van der Waals surface area contributed by atoms with Gasteiger partial charge in [0.2, 0.25) is 0 Å². The first kappa shape index (κ1) is 19.4. The molecule has 2 aromatic carbocycles. The van der Waals surface area contributed by atoms with Crippen molar-refractivity contribution in [2.24, 2.45) is 0 Å². The van der Waals surface area contributed by atoms with Crippen molar-refractivity contribution in [2.75, 3.05) is 11.9 Å². The lowest BCUT2D eigenvalue weighted by atomic mass is 9.99. The van der Waals surface area contributed by atoms with Gasteiger partial charge in [-0.25, -0.2) is 4.98 Å². The van der Waals surface area contributed by atoms with Crippen LogP contribution in [0.1, 0.15) is 57.1 Å². The summed E-state index contributed by atoms with van der Waals surface area (Å²) in [6.07, 6.45) is 1.10. The van der Waals surface area contributed by atoms with Gasteiger partial charge in [0.05, 0.1) is 10.2 Å². The highest BCUT2D eigenvalue weighted by Gasteiger charge is 2.11. The highest BCUT2D eigenvalue weighted by atomic mass is 32.1. The maximum Gasteiger partial charge on any atom is 0.264 e. The van der Waals surface area contributed by atoms with Crippen LogP contribution in [0.5, 0.6) is 5.75 Å². The Balaban J connectivity index is 1.60. The number of ether oxygens (including phenoxy) is 1. The molecule has 5 heteroatoms. The average molecular weight is 383 g/mol. The van der Waals surface area contributed by atoms with E-state index in [1.165, 1.54) is 22.5 Å². The number of carbonyl (C=O) groups excluding carboxylic acids is 1. The van der Waals surface area contributed by atoms with E-state index in [9.17, 15) is 4.79 Å². The van der Waals surface area contributed by atoms with E-state index in [1.54, 1.807) is 0 Å². The van der Waals surface area contributed by atoms with Crippen molar-refractivity contribution in [1.29, 1.82) is 0 Å².